The quantitative estimate of drug-likeness (QED) is 0.268. The third-order valence-corrected chi connectivity index (χ3v) is 8.49. The molecule has 5 aromatic carbocycles. The van der Waals surface area contributed by atoms with Gasteiger partial charge in [0.1, 0.15) is 0 Å². The second-order valence-electron chi connectivity index (χ2n) is 9.22. The van der Waals surface area contributed by atoms with Crippen molar-refractivity contribution >= 4 is 30.3 Å². The summed E-state index contributed by atoms with van der Waals surface area (Å²) in [5.41, 5.74) is 8.60. The van der Waals surface area contributed by atoms with E-state index in [0.29, 0.717) is 0 Å². The predicted octanol–water partition coefficient (Wildman–Crippen LogP) is 2.99. The van der Waals surface area contributed by atoms with E-state index in [-0.39, 0.29) is 24.8 Å². The predicted molar refractivity (Wildman–Crippen MR) is 154 cm³/mol. The summed E-state index contributed by atoms with van der Waals surface area (Å²) in [7, 11) is 0. The van der Waals surface area contributed by atoms with Gasteiger partial charge in [-0.3, -0.25) is 0 Å². The van der Waals surface area contributed by atoms with Crippen LogP contribution in [0.4, 0.5) is 0 Å². The van der Waals surface area contributed by atoms with Gasteiger partial charge in [-0.1, -0.05) is 78.6 Å². The molecule has 5 aromatic rings. The van der Waals surface area contributed by atoms with Gasteiger partial charge in [0.05, 0.1) is 0 Å². The summed E-state index contributed by atoms with van der Waals surface area (Å²) in [6.07, 6.45) is 9.98. The van der Waals surface area contributed by atoms with Crippen molar-refractivity contribution in [3.8, 4) is 0 Å². The molecule has 0 unspecified atom stereocenters. The molecule has 0 fully saturated rings. The standard InChI is InChI=1S/C22H21.C13H10.2ClH.Zr/c1-3-15-13-20(16-9-5-6-10-16)21-14-17-11-7-8-12-19(17)22(21)18(15)4-2;1-3-7-12(8-4-1)11-13-9-5-2-6-10-13;;;/h5-9,11-14H,3-4,10H2,1-2H3;1-10H;2*1H;/q-1;;;;+2/p-2. The molecular weight excluding hydrogens is 583 g/mol. The van der Waals surface area contributed by atoms with Crippen molar-refractivity contribution in [2.75, 3.05) is 0 Å². The van der Waals surface area contributed by atoms with Gasteiger partial charge in [-0.2, -0.15) is 0 Å². The molecule has 0 saturated carbocycles. The number of hydrogen-bond donors (Lipinski definition) is 0. The molecule has 3 heteroatoms. The molecule has 6 rings (SSSR count). The van der Waals surface area contributed by atoms with Crippen LogP contribution in [0, 0.1) is 0 Å². The molecule has 0 saturated heterocycles. The molecule has 0 aliphatic heterocycles. The maximum absolute atomic E-state index is 2.44. The number of hydrogen-bond acceptors (Lipinski definition) is 0. The molecule has 0 heterocycles. The average molecular weight is 614 g/mol. The zero-order valence-corrected chi connectivity index (χ0v) is 25.8. The van der Waals surface area contributed by atoms with Crippen LogP contribution in [0.2, 0.25) is 0 Å². The van der Waals surface area contributed by atoms with Crippen LogP contribution in [0.15, 0.2) is 115 Å². The van der Waals surface area contributed by atoms with Gasteiger partial charge in [-0.25, -0.2) is 0 Å². The van der Waals surface area contributed by atoms with Gasteiger partial charge in [0, 0.05) is 0 Å². The topological polar surface area (TPSA) is 0 Å². The zero-order valence-electron chi connectivity index (χ0n) is 21.8. The second-order valence-corrected chi connectivity index (χ2v) is 10.4. The monoisotopic (exact) mass is 611 g/mol. The van der Waals surface area contributed by atoms with Crippen molar-refractivity contribution in [1.82, 2.24) is 0 Å². The van der Waals surface area contributed by atoms with Crippen molar-refractivity contribution in [1.29, 1.82) is 0 Å². The number of rotatable bonds is 5. The molecule has 0 bridgehead atoms. The number of aryl methyl sites for hydroxylation is 2. The van der Waals surface area contributed by atoms with E-state index in [1.54, 1.807) is 0 Å². The van der Waals surface area contributed by atoms with Crippen molar-refractivity contribution in [3.63, 3.8) is 0 Å². The number of benzene rings is 4. The summed E-state index contributed by atoms with van der Waals surface area (Å²) in [6, 6.07) is 34.8. The SMILES string of the molecule is CCc1cc(C2=CC=CC2)c2[cH-]c3ccccc3c2c1CC.[Cl-].[Cl-].[Zr+2]=[C](c1ccccc1)c1ccccc1. The first-order chi connectivity index (χ1) is 17.7. The Morgan fingerprint density at radius 1 is 0.789 bits per heavy atom. The molecule has 1 aliphatic carbocycles. The molecule has 0 amide bonds. The summed E-state index contributed by atoms with van der Waals surface area (Å²) in [6.45, 7) is 4.56. The Balaban J connectivity index is 0.000000219. The molecule has 0 atom stereocenters. The Bertz CT molecular complexity index is 1530. The molecule has 38 heavy (non-hydrogen) atoms. The third kappa shape index (κ3) is 6.23. The van der Waals surface area contributed by atoms with Crippen molar-refractivity contribution in [3.05, 3.63) is 143 Å². The molecule has 0 aromatic heterocycles. The normalized spacial score (nSPS) is 11.8. The van der Waals surface area contributed by atoms with E-state index in [1.165, 1.54) is 82.4 Å². The fourth-order valence-corrected chi connectivity index (χ4v) is 6.09. The Kier molecular flexibility index (Phi) is 11.2. The van der Waals surface area contributed by atoms with Crippen LogP contribution in [-0.4, -0.2) is 3.21 Å². The summed E-state index contributed by atoms with van der Waals surface area (Å²) in [5.74, 6) is 0. The summed E-state index contributed by atoms with van der Waals surface area (Å²) in [4.78, 5) is 0. The van der Waals surface area contributed by atoms with Gasteiger partial charge in [0.15, 0.2) is 0 Å². The molecule has 0 radical (unpaired) electrons. The Labute approximate surface area is 254 Å². The van der Waals surface area contributed by atoms with E-state index >= 15 is 0 Å². The minimum atomic E-state index is 0. The molecule has 0 N–H and O–H groups in total. The van der Waals surface area contributed by atoms with E-state index in [1.807, 2.05) is 0 Å². The molecule has 0 spiro atoms. The summed E-state index contributed by atoms with van der Waals surface area (Å²) in [5, 5.41) is 5.70. The molecular formula is C35H31Cl2Zr-. The van der Waals surface area contributed by atoms with Crippen LogP contribution >= 0.6 is 0 Å². The van der Waals surface area contributed by atoms with Gasteiger partial charge in [-0.05, 0) is 19.3 Å². The van der Waals surface area contributed by atoms with Crippen LogP contribution in [0.3, 0.4) is 0 Å². The van der Waals surface area contributed by atoms with E-state index in [4.69, 9.17) is 0 Å². The van der Waals surface area contributed by atoms with Crippen molar-refractivity contribution in [2.45, 2.75) is 33.1 Å². The molecule has 190 valence electrons. The first-order valence-electron chi connectivity index (χ1n) is 12.9. The van der Waals surface area contributed by atoms with Gasteiger partial charge >= 0.3 is 99.2 Å². The number of allylic oxidation sites excluding steroid dienone is 4. The zero-order chi connectivity index (χ0) is 24.9. The van der Waals surface area contributed by atoms with Crippen molar-refractivity contribution < 1.29 is 49.0 Å². The number of fused-ring (bicyclic) bond motifs is 3. The second kappa shape index (κ2) is 14.1. The van der Waals surface area contributed by atoms with Gasteiger partial charge in [-0.15, -0.1) is 33.7 Å². The van der Waals surface area contributed by atoms with Crippen LogP contribution in [0.5, 0.6) is 0 Å². The fraction of sp³-hybridized carbons (Fsp3) is 0.143. The van der Waals surface area contributed by atoms with Crippen LogP contribution in [0.25, 0.3) is 27.1 Å². The van der Waals surface area contributed by atoms with Crippen LogP contribution in [0.1, 0.15) is 48.1 Å². The van der Waals surface area contributed by atoms with E-state index < -0.39 is 0 Å². The van der Waals surface area contributed by atoms with Gasteiger partial charge in [0.25, 0.3) is 0 Å². The summed E-state index contributed by atoms with van der Waals surface area (Å²) < 4.78 is 1.42. The first kappa shape index (κ1) is 30.1. The average Bonchev–Trinajstić information content (AvgIpc) is 3.62. The Morgan fingerprint density at radius 3 is 1.95 bits per heavy atom. The maximum atomic E-state index is 2.44. The summed E-state index contributed by atoms with van der Waals surface area (Å²) >= 11 is 1.46. The van der Waals surface area contributed by atoms with E-state index in [0.717, 1.165) is 19.3 Å². The molecule has 0 nitrogen and oxygen atoms in total. The van der Waals surface area contributed by atoms with Gasteiger partial charge < -0.3 is 24.8 Å². The van der Waals surface area contributed by atoms with E-state index in [9.17, 15) is 0 Å². The first-order valence-corrected chi connectivity index (χ1v) is 14.1. The van der Waals surface area contributed by atoms with Gasteiger partial charge in [0.2, 0.25) is 0 Å². The van der Waals surface area contributed by atoms with Crippen LogP contribution in [-0.2, 0) is 37.1 Å². The van der Waals surface area contributed by atoms with Crippen molar-refractivity contribution in [2.24, 2.45) is 0 Å². The molecule has 1 aliphatic rings. The third-order valence-electron chi connectivity index (χ3n) is 7.07. The number of halogens is 2. The Hall–Kier alpha value is -2.44. The fourth-order valence-electron chi connectivity index (χ4n) is 5.27. The van der Waals surface area contributed by atoms with E-state index in [2.05, 4.69) is 129 Å². The minimum absolute atomic E-state index is 0. The Morgan fingerprint density at radius 2 is 1.39 bits per heavy atom. The van der Waals surface area contributed by atoms with Crippen LogP contribution < -0.4 is 24.8 Å².